The maximum atomic E-state index is 11.1. The van der Waals surface area contributed by atoms with Crippen LogP contribution in [0, 0.1) is 17.2 Å². The third kappa shape index (κ3) is 2.89. The summed E-state index contributed by atoms with van der Waals surface area (Å²) in [5.74, 6) is -0.405. The summed E-state index contributed by atoms with van der Waals surface area (Å²) in [5, 5.41) is 19.8. The molecule has 1 atom stereocenters. The van der Waals surface area contributed by atoms with Crippen molar-refractivity contribution >= 4 is 5.91 Å². The largest absolute Gasteiger partial charge is 0.393 e. The molecule has 0 aromatic carbocycles. The van der Waals surface area contributed by atoms with E-state index in [9.17, 15) is 4.79 Å². The van der Waals surface area contributed by atoms with Crippen LogP contribution in [0.4, 0.5) is 0 Å². The maximum Gasteiger partial charge on any atom is 0.223 e. The molecule has 0 unspecified atom stereocenters. The molecule has 0 aliphatic heterocycles. The smallest absolute Gasteiger partial charge is 0.223 e. The van der Waals surface area contributed by atoms with E-state index in [2.05, 4.69) is 5.32 Å². The number of aliphatic hydroxyl groups is 1. The highest BCUT2D eigenvalue weighted by molar-refractivity contribution is 5.79. The molecule has 1 amide bonds. The van der Waals surface area contributed by atoms with Crippen molar-refractivity contribution in [1.29, 1.82) is 5.26 Å². The number of hydrogen-bond acceptors (Lipinski definition) is 3. The quantitative estimate of drug-likeness (QED) is 0.627. The number of nitrogens with zero attached hydrogens (tertiary/aromatic N) is 1. The Balaban J connectivity index is 4.25. The molecule has 0 aliphatic carbocycles. The molecule has 0 fully saturated rings. The molecule has 4 heteroatoms. The summed E-state index contributed by atoms with van der Waals surface area (Å²) in [5.41, 5.74) is -1.15. The monoisotopic (exact) mass is 170 g/mol. The van der Waals surface area contributed by atoms with Crippen LogP contribution in [0.5, 0.6) is 0 Å². The first kappa shape index (κ1) is 10.9. The highest BCUT2D eigenvalue weighted by Crippen LogP contribution is 2.02. The Bertz CT molecular complexity index is 208. The lowest BCUT2D eigenvalue weighted by atomic mass is 10.0. The number of carbonyl (C=O) groups excluding carboxylic acids is 1. The molecule has 68 valence electrons. The van der Waals surface area contributed by atoms with Gasteiger partial charge in [-0.05, 0) is 6.92 Å². The van der Waals surface area contributed by atoms with E-state index in [1.807, 2.05) is 6.07 Å². The Morgan fingerprint density at radius 3 is 2.50 bits per heavy atom. The first-order valence-corrected chi connectivity index (χ1v) is 3.79. The molecule has 0 rings (SSSR count). The average Bonchev–Trinajstić information content (AvgIpc) is 2.04. The van der Waals surface area contributed by atoms with Crippen molar-refractivity contribution in [2.24, 2.45) is 5.92 Å². The SMILES string of the molecule is CC(C)C(=O)N[C@@](C)(C#N)CO. The number of carbonyl (C=O) groups is 1. The van der Waals surface area contributed by atoms with Gasteiger partial charge in [-0.2, -0.15) is 5.26 Å². The first-order valence-electron chi connectivity index (χ1n) is 3.79. The zero-order valence-electron chi connectivity index (χ0n) is 7.59. The topological polar surface area (TPSA) is 73.1 Å². The standard InChI is InChI=1S/C8H14N2O2/c1-6(2)7(12)10-8(3,4-9)5-11/h6,11H,5H2,1-3H3,(H,10,12)/t8-/m0/s1. The number of nitriles is 1. The summed E-state index contributed by atoms with van der Waals surface area (Å²) in [6, 6.07) is 1.83. The van der Waals surface area contributed by atoms with Crippen LogP contribution in [-0.4, -0.2) is 23.2 Å². The lowest BCUT2D eigenvalue weighted by molar-refractivity contribution is -0.125. The van der Waals surface area contributed by atoms with E-state index in [0.29, 0.717) is 0 Å². The molecule has 0 radical (unpaired) electrons. The van der Waals surface area contributed by atoms with Crippen LogP contribution < -0.4 is 5.32 Å². The van der Waals surface area contributed by atoms with Gasteiger partial charge >= 0.3 is 0 Å². The molecule has 0 aromatic heterocycles. The minimum atomic E-state index is -1.15. The maximum absolute atomic E-state index is 11.1. The van der Waals surface area contributed by atoms with E-state index in [1.165, 1.54) is 6.92 Å². The van der Waals surface area contributed by atoms with E-state index in [4.69, 9.17) is 10.4 Å². The molecule has 0 saturated carbocycles. The molecule has 0 heterocycles. The Labute approximate surface area is 72.2 Å². The minimum Gasteiger partial charge on any atom is -0.393 e. The van der Waals surface area contributed by atoms with Crippen LogP contribution >= 0.6 is 0 Å². The lowest BCUT2D eigenvalue weighted by Gasteiger charge is -2.21. The molecule has 0 aliphatic rings. The fourth-order valence-electron chi connectivity index (χ4n) is 0.519. The van der Waals surface area contributed by atoms with Crippen molar-refractivity contribution in [3.05, 3.63) is 0 Å². The zero-order valence-corrected chi connectivity index (χ0v) is 7.59. The predicted molar refractivity (Wildman–Crippen MR) is 44.1 cm³/mol. The van der Waals surface area contributed by atoms with Gasteiger partial charge in [-0.3, -0.25) is 4.79 Å². The minimum absolute atomic E-state index is 0.177. The summed E-state index contributed by atoms with van der Waals surface area (Å²) in [6.07, 6.45) is 0. The number of rotatable bonds is 3. The van der Waals surface area contributed by atoms with Crippen LogP contribution in [0.2, 0.25) is 0 Å². The molecular formula is C8H14N2O2. The molecule has 0 bridgehead atoms. The van der Waals surface area contributed by atoms with Gasteiger partial charge in [-0.25, -0.2) is 0 Å². The van der Waals surface area contributed by atoms with Gasteiger partial charge in [0.05, 0.1) is 12.7 Å². The highest BCUT2D eigenvalue weighted by atomic mass is 16.3. The summed E-state index contributed by atoms with van der Waals surface area (Å²) in [4.78, 5) is 11.1. The Morgan fingerprint density at radius 1 is 1.75 bits per heavy atom. The van der Waals surface area contributed by atoms with Crippen molar-refractivity contribution in [2.75, 3.05) is 6.61 Å². The molecule has 0 aromatic rings. The van der Waals surface area contributed by atoms with Crippen LogP contribution in [0.25, 0.3) is 0 Å². The van der Waals surface area contributed by atoms with Gasteiger partial charge in [-0.15, -0.1) is 0 Å². The Morgan fingerprint density at radius 2 is 2.25 bits per heavy atom. The van der Waals surface area contributed by atoms with E-state index in [-0.39, 0.29) is 18.4 Å². The lowest BCUT2D eigenvalue weighted by Crippen LogP contribution is -2.49. The fraction of sp³-hybridized carbons (Fsp3) is 0.750. The fourth-order valence-corrected chi connectivity index (χ4v) is 0.519. The van der Waals surface area contributed by atoms with Gasteiger partial charge in [0, 0.05) is 5.92 Å². The Kier molecular flexibility index (Phi) is 3.71. The van der Waals surface area contributed by atoms with Crippen LogP contribution in [-0.2, 0) is 4.79 Å². The van der Waals surface area contributed by atoms with Crippen LogP contribution in [0.3, 0.4) is 0 Å². The molecular weight excluding hydrogens is 156 g/mol. The van der Waals surface area contributed by atoms with Crippen molar-refractivity contribution < 1.29 is 9.90 Å². The summed E-state index contributed by atoms with van der Waals surface area (Å²) < 4.78 is 0. The van der Waals surface area contributed by atoms with E-state index < -0.39 is 5.54 Å². The van der Waals surface area contributed by atoms with Crippen LogP contribution in [0.15, 0.2) is 0 Å². The van der Waals surface area contributed by atoms with E-state index in [1.54, 1.807) is 13.8 Å². The first-order chi connectivity index (χ1) is 5.45. The molecule has 4 nitrogen and oxygen atoms in total. The molecule has 0 saturated heterocycles. The van der Waals surface area contributed by atoms with Gasteiger partial charge in [0.25, 0.3) is 0 Å². The summed E-state index contributed by atoms with van der Waals surface area (Å²) >= 11 is 0. The van der Waals surface area contributed by atoms with E-state index in [0.717, 1.165) is 0 Å². The highest BCUT2D eigenvalue weighted by Gasteiger charge is 2.25. The van der Waals surface area contributed by atoms with Gasteiger partial charge in [0.15, 0.2) is 0 Å². The number of nitrogens with one attached hydrogen (secondary N) is 1. The number of aliphatic hydroxyl groups excluding tert-OH is 1. The van der Waals surface area contributed by atoms with Gasteiger partial charge in [0.2, 0.25) is 5.91 Å². The molecule has 2 N–H and O–H groups in total. The van der Waals surface area contributed by atoms with E-state index >= 15 is 0 Å². The van der Waals surface area contributed by atoms with Gasteiger partial charge in [0.1, 0.15) is 5.54 Å². The third-order valence-corrected chi connectivity index (χ3v) is 1.49. The summed E-state index contributed by atoms with van der Waals surface area (Å²) in [6.45, 7) is 4.56. The zero-order chi connectivity index (χ0) is 9.78. The molecule has 12 heavy (non-hydrogen) atoms. The van der Waals surface area contributed by atoms with Crippen LogP contribution in [0.1, 0.15) is 20.8 Å². The third-order valence-electron chi connectivity index (χ3n) is 1.49. The second kappa shape index (κ2) is 4.07. The second-order valence-corrected chi connectivity index (χ2v) is 3.25. The molecule has 0 spiro atoms. The van der Waals surface area contributed by atoms with Gasteiger partial charge in [-0.1, -0.05) is 13.8 Å². The Hall–Kier alpha value is -1.08. The van der Waals surface area contributed by atoms with Gasteiger partial charge < -0.3 is 10.4 Å². The van der Waals surface area contributed by atoms with Crippen molar-refractivity contribution in [1.82, 2.24) is 5.32 Å². The van der Waals surface area contributed by atoms with Crippen molar-refractivity contribution in [3.63, 3.8) is 0 Å². The predicted octanol–water partition coefficient (Wildman–Crippen LogP) is 0.0332. The van der Waals surface area contributed by atoms with Crippen molar-refractivity contribution in [2.45, 2.75) is 26.3 Å². The number of hydrogen-bond donors (Lipinski definition) is 2. The normalized spacial score (nSPS) is 15.0. The number of amides is 1. The summed E-state index contributed by atoms with van der Waals surface area (Å²) in [7, 11) is 0. The average molecular weight is 170 g/mol. The second-order valence-electron chi connectivity index (χ2n) is 3.25. The van der Waals surface area contributed by atoms with Crippen molar-refractivity contribution in [3.8, 4) is 6.07 Å².